The Hall–Kier alpha value is -2.22. The number of para-hydroxylation sites is 1. The van der Waals surface area contributed by atoms with Crippen molar-refractivity contribution in [1.82, 2.24) is 14.8 Å². The van der Waals surface area contributed by atoms with E-state index < -0.39 is 0 Å². The third kappa shape index (κ3) is 4.12. The number of carbonyl (C=O) groups is 1. The fourth-order valence-corrected chi connectivity index (χ4v) is 3.98. The summed E-state index contributed by atoms with van der Waals surface area (Å²) >= 11 is 1.61. The fraction of sp³-hybridized carbons (Fsp3) is 0.368. The van der Waals surface area contributed by atoms with Crippen LogP contribution in [0.2, 0.25) is 0 Å². The number of aromatic nitrogens is 1. The molecular formula is C19H21N3O3S. The van der Waals surface area contributed by atoms with Gasteiger partial charge in [-0.1, -0.05) is 12.1 Å². The van der Waals surface area contributed by atoms with E-state index in [1.807, 2.05) is 41.3 Å². The summed E-state index contributed by atoms with van der Waals surface area (Å²) in [5, 5.41) is 0.905. The summed E-state index contributed by atoms with van der Waals surface area (Å²) in [5.74, 6) is 1.01. The van der Waals surface area contributed by atoms with Crippen LogP contribution in [0.3, 0.4) is 0 Å². The maximum atomic E-state index is 12.3. The topological polar surface area (TPSA) is 58.8 Å². The fourth-order valence-electron chi connectivity index (χ4n) is 3.08. The molecule has 0 radical (unpaired) electrons. The van der Waals surface area contributed by atoms with Crippen LogP contribution in [-0.4, -0.2) is 53.5 Å². The molecule has 2 aromatic heterocycles. The van der Waals surface area contributed by atoms with Crippen molar-refractivity contribution in [1.29, 1.82) is 0 Å². The van der Waals surface area contributed by atoms with Gasteiger partial charge in [0.25, 0.3) is 0 Å². The molecule has 1 aliphatic heterocycles. The van der Waals surface area contributed by atoms with Crippen LogP contribution in [0.5, 0.6) is 0 Å². The maximum absolute atomic E-state index is 12.3. The first-order chi connectivity index (χ1) is 12.8. The van der Waals surface area contributed by atoms with Gasteiger partial charge in [0.2, 0.25) is 5.91 Å². The van der Waals surface area contributed by atoms with Crippen molar-refractivity contribution in [2.45, 2.75) is 13.2 Å². The number of amides is 1. The van der Waals surface area contributed by atoms with Gasteiger partial charge in [-0.3, -0.25) is 9.69 Å². The molecule has 6 nitrogen and oxygen atoms in total. The molecule has 1 aromatic carbocycles. The number of rotatable bonds is 6. The van der Waals surface area contributed by atoms with E-state index in [4.69, 9.17) is 9.15 Å². The van der Waals surface area contributed by atoms with Crippen molar-refractivity contribution in [2.75, 3.05) is 32.8 Å². The smallest absolute Gasteiger partial charge is 0.248 e. The number of furan rings is 1. The van der Waals surface area contributed by atoms with E-state index >= 15 is 0 Å². The zero-order chi connectivity index (χ0) is 17.8. The van der Waals surface area contributed by atoms with Crippen molar-refractivity contribution < 1.29 is 13.9 Å². The molecule has 0 atom stereocenters. The van der Waals surface area contributed by atoms with Gasteiger partial charge >= 0.3 is 0 Å². The number of hydrogen-bond donors (Lipinski definition) is 0. The number of hydrogen-bond acceptors (Lipinski definition) is 6. The number of piperazine rings is 1. The standard InChI is InChI=1S/C19H21N3O3S/c23-19(14-24-13-18-20-16-5-1-2-6-17(16)26-18)22-9-7-21(8-10-22)12-15-4-3-11-25-15/h1-6,11H,7-10,12-14H2. The third-order valence-corrected chi connectivity index (χ3v) is 5.48. The van der Waals surface area contributed by atoms with Gasteiger partial charge in [-0.05, 0) is 24.3 Å². The highest BCUT2D eigenvalue weighted by Crippen LogP contribution is 2.22. The average Bonchev–Trinajstić information content (AvgIpc) is 3.31. The SMILES string of the molecule is O=C(COCc1nc2ccccc2s1)N1CCN(Cc2ccco2)CC1. The first kappa shape index (κ1) is 17.2. The number of benzene rings is 1. The lowest BCUT2D eigenvalue weighted by molar-refractivity contribution is -0.138. The van der Waals surface area contributed by atoms with E-state index in [2.05, 4.69) is 9.88 Å². The highest BCUT2D eigenvalue weighted by Gasteiger charge is 2.21. The molecule has 0 aliphatic carbocycles. The van der Waals surface area contributed by atoms with Gasteiger partial charge in [0.05, 0.1) is 29.6 Å². The Labute approximate surface area is 156 Å². The summed E-state index contributed by atoms with van der Waals surface area (Å²) in [6.45, 7) is 4.43. The molecule has 1 aliphatic rings. The minimum atomic E-state index is 0.0451. The lowest BCUT2D eigenvalue weighted by Gasteiger charge is -2.34. The first-order valence-corrected chi connectivity index (χ1v) is 9.54. The molecular weight excluding hydrogens is 350 g/mol. The number of nitrogens with zero attached hydrogens (tertiary/aromatic N) is 3. The molecule has 3 aromatic rings. The molecule has 1 fully saturated rings. The van der Waals surface area contributed by atoms with Crippen LogP contribution < -0.4 is 0 Å². The highest BCUT2D eigenvalue weighted by molar-refractivity contribution is 7.18. The number of ether oxygens (including phenoxy) is 1. The molecule has 26 heavy (non-hydrogen) atoms. The molecule has 7 heteroatoms. The summed E-state index contributed by atoms with van der Waals surface area (Å²) in [5.41, 5.74) is 0.982. The van der Waals surface area contributed by atoms with Crippen LogP contribution in [-0.2, 0) is 22.7 Å². The van der Waals surface area contributed by atoms with Gasteiger partial charge in [-0.25, -0.2) is 4.98 Å². The average molecular weight is 371 g/mol. The van der Waals surface area contributed by atoms with E-state index in [-0.39, 0.29) is 12.5 Å². The molecule has 3 heterocycles. The van der Waals surface area contributed by atoms with E-state index in [0.29, 0.717) is 6.61 Å². The quantitative estimate of drug-likeness (QED) is 0.667. The number of carbonyl (C=O) groups excluding carboxylic acids is 1. The lowest BCUT2D eigenvalue weighted by atomic mass is 10.3. The van der Waals surface area contributed by atoms with Gasteiger partial charge in [0.1, 0.15) is 17.4 Å². The largest absolute Gasteiger partial charge is 0.468 e. The Morgan fingerprint density at radius 1 is 1.15 bits per heavy atom. The summed E-state index contributed by atoms with van der Waals surface area (Å²) in [6, 6.07) is 11.9. The Kier molecular flexibility index (Phi) is 5.29. The lowest BCUT2D eigenvalue weighted by Crippen LogP contribution is -2.49. The zero-order valence-corrected chi connectivity index (χ0v) is 15.3. The highest BCUT2D eigenvalue weighted by atomic mass is 32.1. The Balaban J connectivity index is 1.20. The second-order valence-electron chi connectivity index (χ2n) is 6.30. The molecule has 4 rings (SSSR count). The Bertz CT molecular complexity index is 821. The Morgan fingerprint density at radius 3 is 2.77 bits per heavy atom. The van der Waals surface area contributed by atoms with E-state index in [9.17, 15) is 4.79 Å². The maximum Gasteiger partial charge on any atom is 0.248 e. The molecule has 0 saturated carbocycles. The molecule has 0 spiro atoms. The number of thiazole rings is 1. The molecule has 136 valence electrons. The first-order valence-electron chi connectivity index (χ1n) is 8.72. The molecule has 0 unspecified atom stereocenters. The molecule has 1 saturated heterocycles. The van der Waals surface area contributed by atoms with Crippen LogP contribution in [0.4, 0.5) is 0 Å². The predicted molar refractivity (Wildman–Crippen MR) is 99.8 cm³/mol. The second-order valence-corrected chi connectivity index (χ2v) is 7.42. The summed E-state index contributed by atoms with van der Waals surface area (Å²) < 4.78 is 12.1. The molecule has 0 bridgehead atoms. The second kappa shape index (κ2) is 7.99. The van der Waals surface area contributed by atoms with Crippen molar-refractivity contribution in [3.63, 3.8) is 0 Å². The van der Waals surface area contributed by atoms with Gasteiger partial charge < -0.3 is 14.1 Å². The predicted octanol–water partition coefficient (Wildman–Crippen LogP) is 2.75. The van der Waals surface area contributed by atoms with Crippen LogP contribution in [0, 0.1) is 0 Å². The van der Waals surface area contributed by atoms with Gasteiger partial charge in [-0.15, -0.1) is 11.3 Å². The van der Waals surface area contributed by atoms with Crippen LogP contribution in [0.1, 0.15) is 10.8 Å². The molecule has 1 amide bonds. The molecule has 0 N–H and O–H groups in total. The minimum absolute atomic E-state index is 0.0451. The Morgan fingerprint density at radius 2 is 2.00 bits per heavy atom. The van der Waals surface area contributed by atoms with Gasteiger partial charge in [0.15, 0.2) is 0 Å². The monoisotopic (exact) mass is 371 g/mol. The van der Waals surface area contributed by atoms with Crippen LogP contribution >= 0.6 is 11.3 Å². The summed E-state index contributed by atoms with van der Waals surface area (Å²) in [7, 11) is 0. The van der Waals surface area contributed by atoms with E-state index in [1.54, 1.807) is 17.6 Å². The third-order valence-electron chi connectivity index (χ3n) is 4.47. The summed E-state index contributed by atoms with van der Waals surface area (Å²) in [6.07, 6.45) is 1.69. The van der Waals surface area contributed by atoms with Crippen LogP contribution in [0.15, 0.2) is 47.1 Å². The zero-order valence-electron chi connectivity index (χ0n) is 14.5. The van der Waals surface area contributed by atoms with Crippen molar-refractivity contribution in [2.24, 2.45) is 0 Å². The van der Waals surface area contributed by atoms with E-state index in [1.165, 1.54) is 0 Å². The summed E-state index contributed by atoms with van der Waals surface area (Å²) in [4.78, 5) is 21.0. The van der Waals surface area contributed by atoms with Crippen molar-refractivity contribution in [3.8, 4) is 0 Å². The minimum Gasteiger partial charge on any atom is -0.468 e. The van der Waals surface area contributed by atoms with Crippen molar-refractivity contribution >= 4 is 27.5 Å². The van der Waals surface area contributed by atoms with E-state index in [0.717, 1.165) is 53.7 Å². The number of fused-ring (bicyclic) bond motifs is 1. The van der Waals surface area contributed by atoms with Crippen LogP contribution in [0.25, 0.3) is 10.2 Å². The van der Waals surface area contributed by atoms with Gasteiger partial charge in [0, 0.05) is 26.2 Å². The van der Waals surface area contributed by atoms with Gasteiger partial charge in [-0.2, -0.15) is 0 Å². The van der Waals surface area contributed by atoms with Crippen molar-refractivity contribution in [3.05, 3.63) is 53.4 Å². The normalized spacial score (nSPS) is 15.6.